The van der Waals surface area contributed by atoms with Gasteiger partial charge in [0.15, 0.2) is 5.92 Å². The molecule has 1 rings (SSSR count). The summed E-state index contributed by atoms with van der Waals surface area (Å²) in [6.45, 7) is 3.16. The number of aliphatic hydroxyl groups is 1. The zero-order valence-corrected chi connectivity index (χ0v) is 9.17. The highest BCUT2D eigenvalue weighted by Crippen LogP contribution is 2.40. The molecule has 1 saturated carbocycles. The number of hydrogen-bond donors (Lipinski definition) is 2. The van der Waals surface area contributed by atoms with E-state index >= 15 is 0 Å². The van der Waals surface area contributed by atoms with E-state index in [1.807, 2.05) is 0 Å². The van der Waals surface area contributed by atoms with Crippen LogP contribution in [0.5, 0.6) is 0 Å². The SMILES string of the molecule is CC1(C)C(O)CC1NCC(C#N)C(F)(F)F. The molecule has 0 radical (unpaired) electrons. The highest BCUT2D eigenvalue weighted by molar-refractivity contribution is 5.03. The van der Waals surface area contributed by atoms with Gasteiger partial charge in [-0.25, -0.2) is 0 Å². The Hall–Kier alpha value is -0.800. The molecule has 3 nitrogen and oxygen atoms in total. The van der Waals surface area contributed by atoms with Crippen molar-refractivity contribution in [1.82, 2.24) is 5.32 Å². The van der Waals surface area contributed by atoms with Crippen molar-refractivity contribution in [2.75, 3.05) is 6.54 Å². The molecule has 0 heterocycles. The fourth-order valence-electron chi connectivity index (χ4n) is 1.74. The normalized spacial score (nSPS) is 30.3. The second-order valence-corrected chi connectivity index (χ2v) is 4.76. The van der Waals surface area contributed by atoms with Crippen LogP contribution in [-0.4, -0.2) is 30.0 Å². The van der Waals surface area contributed by atoms with Gasteiger partial charge in [0, 0.05) is 18.0 Å². The van der Waals surface area contributed by atoms with Crippen LogP contribution in [0.15, 0.2) is 0 Å². The Labute approximate surface area is 92.3 Å². The van der Waals surface area contributed by atoms with Gasteiger partial charge in [0.05, 0.1) is 12.2 Å². The third-order valence-corrected chi connectivity index (χ3v) is 3.34. The minimum atomic E-state index is -4.49. The largest absolute Gasteiger partial charge is 0.405 e. The molecule has 3 atom stereocenters. The average molecular weight is 236 g/mol. The Kier molecular flexibility index (Phi) is 3.50. The van der Waals surface area contributed by atoms with Crippen LogP contribution in [0.2, 0.25) is 0 Å². The molecule has 6 heteroatoms. The van der Waals surface area contributed by atoms with E-state index in [2.05, 4.69) is 5.32 Å². The Bertz CT molecular complexity index is 295. The lowest BCUT2D eigenvalue weighted by Crippen LogP contribution is -2.60. The van der Waals surface area contributed by atoms with Crippen LogP contribution in [0.1, 0.15) is 20.3 Å². The Balaban J connectivity index is 2.45. The lowest BCUT2D eigenvalue weighted by atomic mass is 9.64. The van der Waals surface area contributed by atoms with Gasteiger partial charge in [-0.3, -0.25) is 0 Å². The number of nitrogens with one attached hydrogen (secondary N) is 1. The summed E-state index contributed by atoms with van der Waals surface area (Å²) < 4.78 is 36.8. The molecule has 0 saturated heterocycles. The van der Waals surface area contributed by atoms with E-state index in [4.69, 9.17) is 5.26 Å². The third-order valence-electron chi connectivity index (χ3n) is 3.34. The molecule has 0 aromatic heterocycles. The van der Waals surface area contributed by atoms with E-state index in [1.165, 1.54) is 6.07 Å². The zero-order valence-electron chi connectivity index (χ0n) is 9.17. The summed E-state index contributed by atoms with van der Waals surface area (Å²) in [7, 11) is 0. The van der Waals surface area contributed by atoms with E-state index in [-0.39, 0.29) is 6.04 Å². The van der Waals surface area contributed by atoms with Gasteiger partial charge in [0.1, 0.15) is 0 Å². The van der Waals surface area contributed by atoms with Gasteiger partial charge in [0.2, 0.25) is 0 Å². The highest BCUT2D eigenvalue weighted by Gasteiger charge is 2.48. The number of nitriles is 1. The number of rotatable bonds is 3. The highest BCUT2D eigenvalue weighted by atomic mass is 19.4. The van der Waals surface area contributed by atoms with Crippen molar-refractivity contribution in [3.05, 3.63) is 0 Å². The molecule has 0 amide bonds. The van der Waals surface area contributed by atoms with Gasteiger partial charge >= 0.3 is 6.18 Å². The predicted molar refractivity (Wildman–Crippen MR) is 51.4 cm³/mol. The first-order valence-corrected chi connectivity index (χ1v) is 5.07. The summed E-state index contributed by atoms with van der Waals surface area (Å²) >= 11 is 0. The molecule has 1 aliphatic carbocycles. The summed E-state index contributed by atoms with van der Waals surface area (Å²) in [5.74, 6) is -1.99. The van der Waals surface area contributed by atoms with E-state index in [0.717, 1.165) is 0 Å². The first-order valence-electron chi connectivity index (χ1n) is 5.07. The quantitative estimate of drug-likeness (QED) is 0.779. The Morgan fingerprint density at radius 3 is 2.44 bits per heavy atom. The average Bonchev–Trinajstić information content (AvgIpc) is 2.15. The van der Waals surface area contributed by atoms with Crippen molar-refractivity contribution in [1.29, 1.82) is 5.26 Å². The first kappa shape index (κ1) is 13.3. The van der Waals surface area contributed by atoms with Crippen LogP contribution in [0.25, 0.3) is 0 Å². The molecule has 1 aliphatic rings. The van der Waals surface area contributed by atoms with Crippen LogP contribution in [-0.2, 0) is 0 Å². The number of halogens is 3. The molecular weight excluding hydrogens is 221 g/mol. The predicted octanol–water partition coefficient (Wildman–Crippen LogP) is 1.44. The molecule has 92 valence electrons. The van der Waals surface area contributed by atoms with E-state index in [1.54, 1.807) is 13.8 Å². The third kappa shape index (κ3) is 2.47. The van der Waals surface area contributed by atoms with Gasteiger partial charge in [-0.05, 0) is 6.42 Å². The first-order chi connectivity index (χ1) is 7.19. The maximum Gasteiger partial charge on any atom is 0.405 e. The van der Waals surface area contributed by atoms with Crippen LogP contribution in [0.3, 0.4) is 0 Å². The molecule has 0 aromatic rings. The van der Waals surface area contributed by atoms with Crippen molar-refractivity contribution in [2.45, 2.75) is 38.6 Å². The van der Waals surface area contributed by atoms with Gasteiger partial charge in [-0.15, -0.1) is 0 Å². The molecule has 0 bridgehead atoms. The fraction of sp³-hybridized carbons (Fsp3) is 0.900. The number of nitrogens with zero attached hydrogens (tertiary/aromatic N) is 1. The van der Waals surface area contributed by atoms with Gasteiger partial charge in [0.25, 0.3) is 0 Å². The molecular formula is C10H15F3N2O. The summed E-state index contributed by atoms with van der Waals surface area (Å²) in [6, 6.07) is 1.07. The topological polar surface area (TPSA) is 56.0 Å². The summed E-state index contributed by atoms with van der Waals surface area (Å²) in [5.41, 5.74) is -0.425. The van der Waals surface area contributed by atoms with Gasteiger partial charge in [-0.1, -0.05) is 13.8 Å². The number of aliphatic hydroxyl groups excluding tert-OH is 1. The van der Waals surface area contributed by atoms with Gasteiger partial charge in [-0.2, -0.15) is 18.4 Å². The number of alkyl halides is 3. The molecule has 0 aliphatic heterocycles. The molecule has 2 N–H and O–H groups in total. The lowest BCUT2D eigenvalue weighted by Gasteiger charge is -2.49. The smallest absolute Gasteiger partial charge is 0.392 e. The Morgan fingerprint density at radius 2 is 2.12 bits per heavy atom. The summed E-state index contributed by atoms with van der Waals surface area (Å²) in [4.78, 5) is 0. The zero-order chi connectivity index (χ0) is 12.6. The van der Waals surface area contributed by atoms with Crippen molar-refractivity contribution in [3.63, 3.8) is 0 Å². The van der Waals surface area contributed by atoms with Crippen LogP contribution >= 0.6 is 0 Å². The second kappa shape index (κ2) is 4.22. The van der Waals surface area contributed by atoms with Crippen LogP contribution < -0.4 is 5.32 Å². The number of hydrogen-bond acceptors (Lipinski definition) is 3. The molecule has 16 heavy (non-hydrogen) atoms. The minimum Gasteiger partial charge on any atom is -0.392 e. The van der Waals surface area contributed by atoms with Gasteiger partial charge < -0.3 is 10.4 Å². The lowest BCUT2D eigenvalue weighted by molar-refractivity contribution is -0.160. The van der Waals surface area contributed by atoms with Crippen molar-refractivity contribution >= 4 is 0 Å². The fourth-order valence-corrected chi connectivity index (χ4v) is 1.74. The van der Waals surface area contributed by atoms with Crippen LogP contribution in [0.4, 0.5) is 13.2 Å². The maximum atomic E-state index is 12.3. The van der Waals surface area contributed by atoms with E-state index in [9.17, 15) is 18.3 Å². The monoisotopic (exact) mass is 236 g/mol. The van der Waals surface area contributed by atoms with Crippen molar-refractivity contribution in [2.24, 2.45) is 11.3 Å². The Morgan fingerprint density at radius 1 is 1.56 bits per heavy atom. The second-order valence-electron chi connectivity index (χ2n) is 4.76. The molecule has 0 spiro atoms. The van der Waals surface area contributed by atoms with E-state index < -0.39 is 30.2 Å². The maximum absolute atomic E-state index is 12.3. The minimum absolute atomic E-state index is 0.166. The van der Waals surface area contributed by atoms with Crippen molar-refractivity contribution < 1.29 is 18.3 Å². The molecule has 3 unspecified atom stereocenters. The van der Waals surface area contributed by atoms with Crippen LogP contribution in [0, 0.1) is 22.7 Å². The van der Waals surface area contributed by atoms with Crippen molar-refractivity contribution in [3.8, 4) is 6.07 Å². The van der Waals surface area contributed by atoms with E-state index in [0.29, 0.717) is 6.42 Å². The summed E-state index contributed by atoms with van der Waals surface area (Å²) in [6.07, 6.45) is -4.55. The summed E-state index contributed by atoms with van der Waals surface area (Å²) in [5, 5.41) is 20.5. The standard InChI is InChI=1S/C10H15F3N2O/c1-9(2)7(3-8(9)16)15-5-6(4-14)10(11,12)13/h6-8,15-16H,3,5H2,1-2H3. The molecule has 0 aromatic carbocycles. The molecule has 1 fully saturated rings.